The van der Waals surface area contributed by atoms with Crippen LogP contribution in [0.4, 0.5) is 0 Å². The standard InChI is InChI=1S/C25H46N.C7H14O2/c1-4-5-6-7-8-9-10-11-12-13-14-15-16-20-23-26(2,3)24-25-21-18-17-19-22-25;1-2-3-4-5-6-7(8)9/h17-19,21-22H,4-16,20,23-24H2,1-3H3;2-6H2,1H3,(H,8,9)/q+1;/p-1. The number of unbranched alkanes of at least 4 members (excludes halogenated alkanes) is 16. The number of benzene rings is 1. The number of aliphatic carboxylic acids is 1. The molecular weight excluding hydrogens is 430 g/mol. The van der Waals surface area contributed by atoms with Gasteiger partial charge in [0.25, 0.3) is 0 Å². The minimum absolute atomic E-state index is 0.222. The molecule has 3 nitrogen and oxygen atoms in total. The minimum atomic E-state index is -0.925. The number of hydrogen-bond donors (Lipinski definition) is 0. The van der Waals surface area contributed by atoms with Crippen molar-refractivity contribution in [2.24, 2.45) is 0 Å². The first-order chi connectivity index (χ1) is 16.9. The van der Waals surface area contributed by atoms with Crippen LogP contribution >= 0.6 is 0 Å². The summed E-state index contributed by atoms with van der Waals surface area (Å²) in [5.74, 6) is -0.925. The second kappa shape index (κ2) is 24.3. The van der Waals surface area contributed by atoms with Crippen LogP contribution in [0.5, 0.6) is 0 Å². The van der Waals surface area contributed by atoms with E-state index in [4.69, 9.17) is 0 Å². The van der Waals surface area contributed by atoms with Crippen LogP contribution in [0.2, 0.25) is 0 Å². The van der Waals surface area contributed by atoms with Crippen molar-refractivity contribution in [2.45, 2.75) is 142 Å². The second-order valence-electron chi connectivity index (χ2n) is 11.1. The van der Waals surface area contributed by atoms with Crippen LogP contribution in [0.25, 0.3) is 0 Å². The van der Waals surface area contributed by atoms with Crippen molar-refractivity contribution in [1.29, 1.82) is 0 Å². The third kappa shape index (κ3) is 25.5. The van der Waals surface area contributed by atoms with Crippen molar-refractivity contribution in [2.75, 3.05) is 20.6 Å². The molecule has 0 heterocycles. The highest BCUT2D eigenvalue weighted by atomic mass is 16.4. The van der Waals surface area contributed by atoms with Crippen LogP contribution in [0.3, 0.4) is 0 Å². The molecule has 0 aromatic heterocycles. The van der Waals surface area contributed by atoms with Crippen molar-refractivity contribution in [3.8, 4) is 0 Å². The summed E-state index contributed by atoms with van der Waals surface area (Å²) in [5, 5.41) is 9.85. The van der Waals surface area contributed by atoms with Crippen molar-refractivity contribution in [1.82, 2.24) is 0 Å². The van der Waals surface area contributed by atoms with Crippen LogP contribution in [0, 0.1) is 0 Å². The molecule has 0 fully saturated rings. The number of hydrogen-bond acceptors (Lipinski definition) is 2. The first kappa shape index (κ1) is 33.7. The Bertz CT molecular complexity index is 570. The molecule has 0 unspecified atom stereocenters. The molecule has 0 saturated carbocycles. The summed E-state index contributed by atoms with van der Waals surface area (Å²) in [6.45, 7) is 6.84. The maximum absolute atomic E-state index is 9.85. The number of carboxylic acid groups (broad SMARTS) is 1. The molecule has 0 bridgehead atoms. The van der Waals surface area contributed by atoms with Crippen LogP contribution < -0.4 is 5.11 Å². The fourth-order valence-electron chi connectivity index (χ4n) is 4.59. The minimum Gasteiger partial charge on any atom is -0.550 e. The van der Waals surface area contributed by atoms with Crippen LogP contribution in [0.15, 0.2) is 30.3 Å². The van der Waals surface area contributed by atoms with Crippen molar-refractivity contribution in [3.63, 3.8) is 0 Å². The SMILES string of the molecule is CCCCCCC(=O)[O-].CCCCCCCCCCCCCCCC[N+](C)(C)Cc1ccccc1. The normalized spacial score (nSPS) is 11.2. The predicted octanol–water partition coefficient (Wildman–Crippen LogP) is 8.45. The van der Waals surface area contributed by atoms with E-state index in [0.29, 0.717) is 0 Å². The van der Waals surface area contributed by atoms with Crippen molar-refractivity contribution < 1.29 is 14.4 Å². The number of rotatable bonds is 22. The summed E-state index contributed by atoms with van der Waals surface area (Å²) >= 11 is 0. The van der Waals surface area contributed by atoms with Gasteiger partial charge in [0, 0.05) is 11.5 Å². The lowest BCUT2D eigenvalue weighted by atomic mass is 10.0. The molecule has 0 radical (unpaired) electrons. The first-order valence-electron chi connectivity index (χ1n) is 15.0. The van der Waals surface area contributed by atoms with E-state index in [-0.39, 0.29) is 6.42 Å². The van der Waals surface area contributed by atoms with Gasteiger partial charge in [-0.1, -0.05) is 140 Å². The zero-order valence-corrected chi connectivity index (χ0v) is 24.0. The molecule has 204 valence electrons. The summed E-state index contributed by atoms with van der Waals surface area (Å²) < 4.78 is 1.11. The van der Waals surface area contributed by atoms with Gasteiger partial charge in [-0.3, -0.25) is 0 Å². The third-order valence-electron chi connectivity index (χ3n) is 6.80. The molecule has 0 aliphatic rings. The molecule has 0 aliphatic carbocycles. The van der Waals surface area contributed by atoms with Crippen LogP contribution in [-0.2, 0) is 11.3 Å². The van der Waals surface area contributed by atoms with Crippen molar-refractivity contribution in [3.05, 3.63) is 35.9 Å². The van der Waals surface area contributed by atoms with E-state index in [1.165, 1.54) is 102 Å². The Hall–Kier alpha value is -1.35. The van der Waals surface area contributed by atoms with E-state index in [1.807, 2.05) is 0 Å². The summed E-state index contributed by atoms with van der Waals surface area (Å²) in [4.78, 5) is 9.85. The van der Waals surface area contributed by atoms with E-state index in [2.05, 4.69) is 58.3 Å². The van der Waals surface area contributed by atoms with Gasteiger partial charge in [-0.25, -0.2) is 0 Å². The molecule has 0 amide bonds. The lowest BCUT2D eigenvalue weighted by molar-refractivity contribution is -0.903. The number of nitrogens with zero attached hydrogens (tertiary/aromatic N) is 1. The first-order valence-corrected chi connectivity index (χ1v) is 15.0. The zero-order chi connectivity index (χ0) is 26.0. The van der Waals surface area contributed by atoms with Gasteiger partial charge >= 0.3 is 0 Å². The van der Waals surface area contributed by atoms with Crippen molar-refractivity contribution >= 4 is 5.97 Å². The topological polar surface area (TPSA) is 40.1 Å². The quantitative estimate of drug-likeness (QED) is 0.121. The summed E-state index contributed by atoms with van der Waals surface area (Å²) in [6.07, 6.45) is 24.5. The van der Waals surface area contributed by atoms with Crippen LogP contribution in [0.1, 0.15) is 141 Å². The largest absolute Gasteiger partial charge is 0.550 e. The maximum Gasteiger partial charge on any atom is 0.104 e. The van der Waals surface area contributed by atoms with E-state index in [1.54, 1.807) is 0 Å². The van der Waals surface area contributed by atoms with Gasteiger partial charge in [0.1, 0.15) is 6.54 Å². The van der Waals surface area contributed by atoms with E-state index in [9.17, 15) is 9.90 Å². The highest BCUT2D eigenvalue weighted by Crippen LogP contribution is 2.15. The Morgan fingerprint density at radius 1 is 0.629 bits per heavy atom. The molecule has 35 heavy (non-hydrogen) atoms. The molecule has 0 atom stereocenters. The van der Waals surface area contributed by atoms with Crippen LogP contribution in [-0.4, -0.2) is 31.1 Å². The summed E-state index contributed by atoms with van der Waals surface area (Å²) in [7, 11) is 4.74. The molecule has 1 aromatic carbocycles. The monoisotopic (exact) mass is 489 g/mol. The second-order valence-corrected chi connectivity index (χ2v) is 11.1. The van der Waals surface area contributed by atoms with Gasteiger partial charge in [0.15, 0.2) is 0 Å². The third-order valence-corrected chi connectivity index (χ3v) is 6.80. The predicted molar refractivity (Wildman–Crippen MR) is 151 cm³/mol. The van der Waals surface area contributed by atoms with Gasteiger partial charge in [0.2, 0.25) is 0 Å². The Morgan fingerprint density at radius 3 is 1.46 bits per heavy atom. The van der Waals surface area contributed by atoms with Gasteiger partial charge in [0.05, 0.1) is 20.6 Å². The average molecular weight is 490 g/mol. The highest BCUT2D eigenvalue weighted by molar-refractivity contribution is 5.64. The number of carbonyl (C=O) groups excluding carboxylic acids is 1. The van der Waals surface area contributed by atoms with E-state index >= 15 is 0 Å². The lowest BCUT2D eigenvalue weighted by Gasteiger charge is -2.30. The molecule has 1 aromatic rings. The number of quaternary nitrogens is 1. The fourth-order valence-corrected chi connectivity index (χ4v) is 4.59. The Balaban J connectivity index is 0.00000109. The van der Waals surface area contributed by atoms with E-state index < -0.39 is 5.97 Å². The summed E-state index contributed by atoms with van der Waals surface area (Å²) in [6, 6.07) is 10.9. The molecule has 0 saturated heterocycles. The number of carboxylic acids is 1. The molecule has 0 N–H and O–H groups in total. The average Bonchev–Trinajstić information content (AvgIpc) is 2.83. The van der Waals surface area contributed by atoms with Gasteiger partial charge in [-0.2, -0.15) is 0 Å². The van der Waals surface area contributed by atoms with Gasteiger partial charge < -0.3 is 14.4 Å². The fraction of sp³-hybridized carbons (Fsp3) is 0.781. The molecule has 0 aliphatic heterocycles. The van der Waals surface area contributed by atoms with E-state index in [0.717, 1.165) is 36.7 Å². The molecular formula is C32H59NO2. The Labute approximate surface area is 219 Å². The Kier molecular flexibility index (Phi) is 23.4. The highest BCUT2D eigenvalue weighted by Gasteiger charge is 2.14. The van der Waals surface area contributed by atoms with Gasteiger partial charge in [-0.05, 0) is 25.7 Å². The Morgan fingerprint density at radius 2 is 1.03 bits per heavy atom. The number of carbonyl (C=O) groups is 1. The lowest BCUT2D eigenvalue weighted by Crippen LogP contribution is -2.39. The smallest absolute Gasteiger partial charge is 0.104 e. The zero-order valence-electron chi connectivity index (χ0n) is 24.0. The summed E-state index contributed by atoms with van der Waals surface area (Å²) in [5.41, 5.74) is 1.46. The van der Waals surface area contributed by atoms with Gasteiger partial charge in [-0.15, -0.1) is 0 Å². The molecule has 0 spiro atoms. The molecule has 1 rings (SSSR count). The maximum atomic E-state index is 9.85. The molecule has 3 heteroatoms.